The number of hydrogen-bond acceptors (Lipinski definition) is 4. The van der Waals surface area contributed by atoms with Crippen molar-refractivity contribution in [1.29, 1.82) is 0 Å². The van der Waals surface area contributed by atoms with Gasteiger partial charge in [-0.05, 0) is 0 Å². The molecule has 0 fully saturated rings. The predicted molar refractivity (Wildman–Crippen MR) is 106 cm³/mol. The van der Waals surface area contributed by atoms with Crippen LogP contribution in [0.15, 0.2) is 22.3 Å². The summed E-state index contributed by atoms with van der Waals surface area (Å²) in [6, 6.07) is 0. The molecule has 0 heterocycles. The van der Waals surface area contributed by atoms with Crippen LogP contribution < -0.4 is 12.4 Å². The van der Waals surface area contributed by atoms with Crippen molar-refractivity contribution in [1.82, 2.24) is 0 Å². The molecular formula is C23H35ClO4Ti. The van der Waals surface area contributed by atoms with Gasteiger partial charge in [0.25, 0.3) is 0 Å². The van der Waals surface area contributed by atoms with Crippen LogP contribution in [0.2, 0.25) is 4.22 Å². The average molecular weight is 459 g/mol. The van der Waals surface area contributed by atoms with E-state index in [1.54, 1.807) is 11.1 Å². The molecule has 1 unspecified atom stereocenters. The minimum Gasteiger partial charge on any atom is -1.00 e. The van der Waals surface area contributed by atoms with Gasteiger partial charge in [0.1, 0.15) is 0 Å². The predicted octanol–water partition coefficient (Wildman–Crippen LogP) is 3.16. The van der Waals surface area contributed by atoms with E-state index < -0.39 is 29.5 Å². The van der Waals surface area contributed by atoms with Crippen molar-refractivity contribution in [3.05, 3.63) is 22.3 Å². The molecule has 0 aromatic heterocycles. The Kier molecular flexibility index (Phi) is 7.90. The minimum atomic E-state index is -2.89. The first-order chi connectivity index (χ1) is 13.0. The molecule has 0 aromatic rings. The third-order valence-electron chi connectivity index (χ3n) is 5.97. The van der Waals surface area contributed by atoms with Crippen molar-refractivity contribution < 1.29 is 47.3 Å². The third-order valence-corrected chi connectivity index (χ3v) is 9.06. The molecule has 0 aliphatic heterocycles. The Balaban J connectivity index is 0.00000300. The molecule has 3 aliphatic rings. The van der Waals surface area contributed by atoms with Crippen LogP contribution in [0.3, 0.4) is 0 Å². The first-order valence-electron chi connectivity index (χ1n) is 10.7. The van der Waals surface area contributed by atoms with Crippen molar-refractivity contribution >= 4 is 11.9 Å². The van der Waals surface area contributed by atoms with E-state index in [-0.39, 0.29) is 28.6 Å². The molecule has 0 aromatic carbocycles. The molecule has 3 rings (SSSR count). The zero-order valence-corrected chi connectivity index (χ0v) is 21.1. The smallest absolute Gasteiger partial charge is 1.00 e. The van der Waals surface area contributed by atoms with Gasteiger partial charge >= 0.3 is 177 Å². The van der Waals surface area contributed by atoms with Crippen LogP contribution in [0.1, 0.15) is 92.9 Å². The van der Waals surface area contributed by atoms with E-state index >= 15 is 0 Å². The number of carbonyl (C=O) groups excluding carboxylic acids is 2. The van der Waals surface area contributed by atoms with E-state index in [1.165, 1.54) is 36.8 Å². The summed E-state index contributed by atoms with van der Waals surface area (Å²) in [6.07, 6.45) is 9.18. The molecule has 0 amide bonds. The van der Waals surface area contributed by atoms with E-state index in [0.717, 1.165) is 25.7 Å². The number of fused-ring (bicyclic) bond motifs is 1. The van der Waals surface area contributed by atoms with Gasteiger partial charge in [0.05, 0.1) is 0 Å². The van der Waals surface area contributed by atoms with Crippen molar-refractivity contribution in [3.63, 3.8) is 0 Å². The number of hydrogen-bond donors (Lipinski definition) is 0. The monoisotopic (exact) mass is 458 g/mol. The molecular weight excluding hydrogens is 424 g/mol. The van der Waals surface area contributed by atoms with Gasteiger partial charge in [-0.15, -0.1) is 0 Å². The summed E-state index contributed by atoms with van der Waals surface area (Å²) in [5, 5.41) is 0. The van der Waals surface area contributed by atoms with Gasteiger partial charge in [0.2, 0.25) is 0 Å². The number of halogens is 1. The number of allylic oxidation sites excluding steroid dienone is 4. The fourth-order valence-electron chi connectivity index (χ4n) is 4.27. The molecule has 3 aliphatic carbocycles. The van der Waals surface area contributed by atoms with Gasteiger partial charge in [0.15, 0.2) is 0 Å². The second-order valence-corrected chi connectivity index (χ2v) is 13.2. The van der Waals surface area contributed by atoms with Crippen LogP contribution >= 0.6 is 0 Å². The van der Waals surface area contributed by atoms with E-state index in [4.69, 9.17) is 6.64 Å². The molecule has 0 spiro atoms. The van der Waals surface area contributed by atoms with Crippen molar-refractivity contribution in [2.75, 3.05) is 0 Å². The molecule has 162 valence electrons. The maximum atomic E-state index is 12.7. The van der Waals surface area contributed by atoms with E-state index in [0.29, 0.717) is 0 Å². The second kappa shape index (κ2) is 9.28. The fraction of sp³-hybridized carbons (Fsp3) is 0.739. The minimum absolute atomic E-state index is 0. The topological polar surface area (TPSA) is 52.6 Å². The quantitative estimate of drug-likeness (QED) is 0.610. The van der Waals surface area contributed by atoms with Crippen molar-refractivity contribution in [3.8, 4) is 0 Å². The number of carbonyl (C=O) groups is 2. The molecule has 0 saturated carbocycles. The first-order valence-corrected chi connectivity index (χ1v) is 12.9. The van der Waals surface area contributed by atoms with Gasteiger partial charge in [-0.25, -0.2) is 0 Å². The SMILES string of the molecule is CC(C)(C)C(=O)[O][Ti+]([O]C(=O)C(C)(C)C)[CH]1CCCC2=C1CC1=C2CCCC1.[Cl-]. The molecule has 0 bridgehead atoms. The Labute approximate surface area is 189 Å². The summed E-state index contributed by atoms with van der Waals surface area (Å²) in [7, 11) is 0. The summed E-state index contributed by atoms with van der Waals surface area (Å²) in [5.74, 6) is -0.486. The standard InChI is InChI=1S/C13H17.2C5H10O2.ClH.Ti/c1-3-7-12-10(5-1)9-11-6-2-4-8-13(11)12;2*1-5(2,3)4(6)7;;/h5H,1-4,6-9H2;2*1-3H3,(H,6,7);1H;/q;;;;+3/p-3. The van der Waals surface area contributed by atoms with Crippen LogP contribution in [-0.4, -0.2) is 11.9 Å². The molecule has 0 saturated heterocycles. The zero-order valence-electron chi connectivity index (χ0n) is 18.7. The van der Waals surface area contributed by atoms with Crippen LogP contribution in [0.25, 0.3) is 0 Å². The summed E-state index contributed by atoms with van der Waals surface area (Å²) in [4.78, 5) is 25.4. The zero-order chi connectivity index (χ0) is 20.7. The summed E-state index contributed by atoms with van der Waals surface area (Å²) in [6.45, 7) is 11.2. The molecule has 0 radical (unpaired) electrons. The normalized spacial score (nSPS) is 21.8. The van der Waals surface area contributed by atoms with Gasteiger partial charge in [-0.2, -0.15) is 0 Å². The Bertz CT molecular complexity index is 696. The second-order valence-electron chi connectivity index (χ2n) is 10.5. The van der Waals surface area contributed by atoms with Gasteiger partial charge < -0.3 is 12.4 Å². The number of rotatable bonds is 3. The van der Waals surface area contributed by atoms with Crippen LogP contribution in [0, 0.1) is 10.8 Å². The summed E-state index contributed by atoms with van der Waals surface area (Å²) < 4.78 is 12.2. The molecule has 0 N–H and O–H groups in total. The van der Waals surface area contributed by atoms with Crippen LogP contribution in [0.5, 0.6) is 0 Å². The first kappa shape index (κ1) is 24.7. The molecule has 6 heteroatoms. The van der Waals surface area contributed by atoms with Crippen molar-refractivity contribution in [2.45, 2.75) is 97.1 Å². The van der Waals surface area contributed by atoms with Gasteiger partial charge in [-0.1, -0.05) is 0 Å². The van der Waals surface area contributed by atoms with E-state index in [2.05, 4.69) is 0 Å². The third kappa shape index (κ3) is 5.57. The Hall–Kier alpha value is -0.576. The van der Waals surface area contributed by atoms with E-state index in [1.807, 2.05) is 41.5 Å². The Morgan fingerprint density at radius 1 is 0.828 bits per heavy atom. The largest absolute Gasteiger partial charge is 1.00 e. The average Bonchev–Trinajstić information content (AvgIpc) is 2.98. The summed E-state index contributed by atoms with van der Waals surface area (Å²) in [5.41, 5.74) is 4.97. The van der Waals surface area contributed by atoms with Crippen molar-refractivity contribution in [2.24, 2.45) is 10.8 Å². The molecule has 29 heavy (non-hydrogen) atoms. The molecule has 4 nitrogen and oxygen atoms in total. The van der Waals surface area contributed by atoms with Gasteiger partial charge in [-0.3, -0.25) is 0 Å². The maximum Gasteiger partial charge on any atom is -1.00 e. The molecule has 1 atom stereocenters. The van der Waals surface area contributed by atoms with Crippen LogP contribution in [0.4, 0.5) is 0 Å². The Morgan fingerprint density at radius 3 is 1.90 bits per heavy atom. The van der Waals surface area contributed by atoms with Crippen LogP contribution in [-0.2, 0) is 34.9 Å². The maximum absolute atomic E-state index is 12.7. The Morgan fingerprint density at radius 2 is 1.34 bits per heavy atom. The van der Waals surface area contributed by atoms with Gasteiger partial charge in [0, 0.05) is 0 Å². The fourth-order valence-corrected chi connectivity index (χ4v) is 7.87. The summed E-state index contributed by atoms with van der Waals surface area (Å²) >= 11 is -2.89. The van der Waals surface area contributed by atoms with E-state index in [9.17, 15) is 9.59 Å².